The van der Waals surface area contributed by atoms with Gasteiger partial charge in [-0.3, -0.25) is 4.79 Å². The van der Waals surface area contributed by atoms with Gasteiger partial charge in [-0.1, -0.05) is 25.4 Å². The molecule has 1 aliphatic rings. The van der Waals surface area contributed by atoms with Crippen LogP contribution in [-0.4, -0.2) is 34.9 Å². The van der Waals surface area contributed by atoms with Crippen LogP contribution in [0.15, 0.2) is 28.6 Å². The van der Waals surface area contributed by atoms with E-state index in [4.69, 9.17) is 23.1 Å². The molecule has 180 valence electrons. The lowest BCUT2D eigenvalue weighted by Crippen LogP contribution is -2.47. The lowest BCUT2D eigenvalue weighted by atomic mass is 10.2. The summed E-state index contributed by atoms with van der Waals surface area (Å²) in [6, 6.07) is 2.75. The molecular formula is C21H30ClFN7O3+. The Hall–Kier alpha value is -3.34. The highest BCUT2D eigenvalue weighted by Gasteiger charge is 2.29. The molecule has 0 saturated heterocycles. The summed E-state index contributed by atoms with van der Waals surface area (Å²) in [6.07, 6.45) is 0. The zero-order chi connectivity index (χ0) is 24.9. The predicted octanol–water partition coefficient (Wildman–Crippen LogP) is 1.19. The Bertz CT molecular complexity index is 1130. The molecule has 1 aliphatic heterocycles. The van der Waals surface area contributed by atoms with Crippen LogP contribution in [-0.2, 0) is 29.2 Å². The van der Waals surface area contributed by atoms with Crippen LogP contribution in [0.2, 0.25) is 0 Å². The fraction of sp³-hybridized carbons (Fsp3) is 0.429. The van der Waals surface area contributed by atoms with Gasteiger partial charge in [0.2, 0.25) is 0 Å². The minimum atomic E-state index is -0.851. The van der Waals surface area contributed by atoms with Gasteiger partial charge in [0.05, 0.1) is 25.8 Å². The van der Waals surface area contributed by atoms with Gasteiger partial charge in [0.15, 0.2) is 22.4 Å². The largest absolute Gasteiger partial charge is 0.465 e. The minimum absolute atomic E-state index is 0.00966. The first kappa shape index (κ1) is 25.9. The molecule has 1 aromatic carbocycles. The highest BCUT2D eigenvalue weighted by Crippen LogP contribution is 2.21. The van der Waals surface area contributed by atoms with Crippen molar-refractivity contribution in [2.45, 2.75) is 52.8 Å². The van der Waals surface area contributed by atoms with E-state index < -0.39 is 23.2 Å². The number of benzene rings is 1. The third-order valence-electron chi connectivity index (χ3n) is 4.98. The summed E-state index contributed by atoms with van der Waals surface area (Å²) in [5.74, 6) is -1.27. The molecule has 33 heavy (non-hydrogen) atoms. The molecule has 2 heterocycles. The van der Waals surface area contributed by atoms with E-state index >= 15 is 0 Å². The van der Waals surface area contributed by atoms with Gasteiger partial charge >= 0.3 is 5.97 Å². The third kappa shape index (κ3) is 5.03. The maximum atomic E-state index is 14.5. The Morgan fingerprint density at radius 2 is 2.00 bits per heavy atom. The molecule has 2 aromatic rings. The normalized spacial score (nSPS) is 15.4. The number of hydrogen-bond acceptors (Lipinski definition) is 7. The molecule has 10 nitrogen and oxygen atoms in total. The van der Waals surface area contributed by atoms with E-state index in [1.165, 1.54) is 19.2 Å². The summed E-state index contributed by atoms with van der Waals surface area (Å²) < 4.78 is 22.9. The lowest BCUT2D eigenvalue weighted by molar-refractivity contribution is -0.676. The topological polar surface area (TPSA) is 141 Å². The number of halogens is 2. The van der Waals surface area contributed by atoms with E-state index in [1.807, 2.05) is 36.8 Å². The first-order chi connectivity index (χ1) is 15.7. The maximum Gasteiger partial charge on any atom is 0.341 e. The first-order valence-electron chi connectivity index (χ1n) is 10.6. The number of carbonyl (C=O) groups is 2. The number of carbonyl (C=O) groups excluding carboxylic acids is 2. The van der Waals surface area contributed by atoms with Crippen molar-refractivity contribution in [1.82, 2.24) is 15.2 Å². The number of ether oxygens (including phenoxy) is 1. The van der Waals surface area contributed by atoms with Gasteiger partial charge in [-0.2, -0.15) is 0 Å². The smallest absolute Gasteiger partial charge is 0.341 e. The number of nitrogens with two attached hydrogens (primary N) is 2. The second kappa shape index (κ2) is 11.0. The number of nitrogens with one attached hydrogen (secondary N) is 2. The molecule has 0 spiro atoms. The molecule has 3 rings (SSSR count). The minimum Gasteiger partial charge on any atom is -0.465 e. The Balaban J connectivity index is 0.00000187. The SMILES string of the molecule is CC.CCn1c(CNC(=O)C2=C(N)N=C(N)C(Cl)N2)[n+](CC)c2cc(C(=O)OC)c(F)cc21. The number of aliphatic imine (C=N–C) groups is 1. The molecule has 1 aromatic heterocycles. The number of fused-ring (bicyclic) bond motifs is 1. The Morgan fingerprint density at radius 1 is 1.33 bits per heavy atom. The van der Waals surface area contributed by atoms with Crippen LogP contribution in [0, 0.1) is 5.82 Å². The number of esters is 1. The molecular weight excluding hydrogens is 453 g/mol. The van der Waals surface area contributed by atoms with E-state index in [2.05, 4.69) is 20.4 Å². The van der Waals surface area contributed by atoms with Crippen molar-refractivity contribution in [1.29, 1.82) is 0 Å². The Morgan fingerprint density at radius 3 is 2.58 bits per heavy atom. The number of aryl methyl sites for hydroxylation is 2. The van der Waals surface area contributed by atoms with Crippen molar-refractivity contribution in [3.8, 4) is 0 Å². The van der Waals surface area contributed by atoms with Gasteiger partial charge in [0.25, 0.3) is 11.7 Å². The number of hydrogen-bond donors (Lipinski definition) is 4. The third-order valence-corrected chi connectivity index (χ3v) is 5.31. The van der Waals surface area contributed by atoms with Crippen molar-refractivity contribution in [2.24, 2.45) is 16.5 Å². The molecule has 0 bridgehead atoms. The van der Waals surface area contributed by atoms with Gasteiger partial charge in [0.1, 0.15) is 23.9 Å². The van der Waals surface area contributed by atoms with Crippen LogP contribution < -0.4 is 26.7 Å². The maximum absolute atomic E-state index is 14.5. The van der Waals surface area contributed by atoms with Crippen LogP contribution in [0.1, 0.15) is 43.9 Å². The molecule has 6 N–H and O–H groups in total. The van der Waals surface area contributed by atoms with E-state index in [9.17, 15) is 14.0 Å². The van der Waals surface area contributed by atoms with E-state index in [1.54, 1.807) is 0 Å². The summed E-state index contributed by atoms with van der Waals surface area (Å²) in [7, 11) is 1.20. The zero-order valence-corrected chi connectivity index (χ0v) is 20.1. The molecule has 0 saturated carbocycles. The summed E-state index contributed by atoms with van der Waals surface area (Å²) in [5.41, 5.74) is 11.6. The zero-order valence-electron chi connectivity index (χ0n) is 19.3. The Labute approximate surface area is 196 Å². The number of imidazole rings is 1. The van der Waals surface area contributed by atoms with Crippen molar-refractivity contribution >= 4 is 40.3 Å². The molecule has 0 aliphatic carbocycles. The molecule has 0 fully saturated rings. The molecule has 1 unspecified atom stereocenters. The number of alkyl halides is 1. The molecule has 12 heteroatoms. The van der Waals surface area contributed by atoms with Crippen LogP contribution in [0.25, 0.3) is 11.0 Å². The number of aromatic nitrogens is 2. The summed E-state index contributed by atoms with van der Waals surface area (Å²) >= 11 is 5.99. The van der Waals surface area contributed by atoms with Crippen molar-refractivity contribution in [2.75, 3.05) is 7.11 Å². The Kier molecular flexibility index (Phi) is 8.63. The average molecular weight is 483 g/mol. The number of rotatable bonds is 6. The highest BCUT2D eigenvalue weighted by atomic mass is 35.5. The number of amides is 1. The van der Waals surface area contributed by atoms with Crippen LogP contribution in [0.3, 0.4) is 0 Å². The van der Waals surface area contributed by atoms with E-state index in [0.717, 1.165) is 0 Å². The average Bonchev–Trinajstić information content (AvgIpc) is 3.11. The van der Waals surface area contributed by atoms with Gasteiger partial charge in [-0.15, -0.1) is 0 Å². The summed E-state index contributed by atoms with van der Waals surface area (Å²) in [4.78, 5) is 28.5. The van der Waals surface area contributed by atoms with Crippen LogP contribution in [0.4, 0.5) is 4.39 Å². The highest BCUT2D eigenvalue weighted by molar-refractivity contribution is 6.32. The van der Waals surface area contributed by atoms with Crippen LogP contribution >= 0.6 is 11.6 Å². The van der Waals surface area contributed by atoms with E-state index in [-0.39, 0.29) is 29.5 Å². The fourth-order valence-corrected chi connectivity index (χ4v) is 3.68. The summed E-state index contributed by atoms with van der Waals surface area (Å²) in [6.45, 7) is 8.95. The number of amidine groups is 1. The van der Waals surface area contributed by atoms with E-state index in [0.29, 0.717) is 29.9 Å². The fourth-order valence-electron chi connectivity index (χ4n) is 3.53. The molecule has 1 atom stereocenters. The van der Waals surface area contributed by atoms with Crippen molar-refractivity contribution < 1.29 is 23.3 Å². The standard InChI is InChI=1S/C19H23ClFN7O3.C2H6/c1-4-27-11-6-9(19(30)31-3)10(21)7-12(11)28(5-2)13(27)8-24-18(29)14-16(22)26-17(23)15(20)25-14;1-2/h6-7,15,25H,4-5,8H2,1-3H3,(H4-,22,23,24,26,29);1-2H3/p+1. The number of nitrogens with zero attached hydrogens (tertiary/aromatic N) is 3. The molecule has 1 amide bonds. The quantitative estimate of drug-likeness (QED) is 0.211. The lowest BCUT2D eigenvalue weighted by Gasteiger charge is -2.20. The van der Waals surface area contributed by atoms with Crippen molar-refractivity contribution in [3.05, 3.63) is 40.9 Å². The van der Waals surface area contributed by atoms with Gasteiger partial charge in [-0.05, 0) is 13.8 Å². The second-order valence-electron chi connectivity index (χ2n) is 6.70. The summed E-state index contributed by atoms with van der Waals surface area (Å²) in [5, 5.41) is 5.48. The van der Waals surface area contributed by atoms with Gasteiger partial charge in [0, 0.05) is 12.1 Å². The molecule has 0 radical (unpaired) electrons. The predicted molar refractivity (Wildman–Crippen MR) is 124 cm³/mol. The van der Waals surface area contributed by atoms with Gasteiger partial charge < -0.3 is 26.8 Å². The van der Waals surface area contributed by atoms with Crippen molar-refractivity contribution in [3.63, 3.8) is 0 Å². The number of methoxy groups -OCH3 is 1. The first-order valence-corrected chi connectivity index (χ1v) is 11.0. The van der Waals surface area contributed by atoms with Crippen LogP contribution in [0.5, 0.6) is 0 Å². The van der Waals surface area contributed by atoms with Gasteiger partial charge in [-0.25, -0.2) is 23.3 Å². The second-order valence-corrected chi connectivity index (χ2v) is 7.14. The monoisotopic (exact) mass is 482 g/mol.